The SMILES string of the molecule is CC(C)[C@H](C)CO.CC(C)[C@H](C)COCc1ccccc1. The zero-order valence-electron chi connectivity index (χ0n) is 14.7. The van der Waals surface area contributed by atoms with E-state index in [0.29, 0.717) is 30.3 Å². The summed E-state index contributed by atoms with van der Waals surface area (Å²) in [5, 5.41) is 8.51. The molecule has 0 aliphatic heterocycles. The maximum absolute atomic E-state index is 8.51. The van der Waals surface area contributed by atoms with Gasteiger partial charge in [-0.15, -0.1) is 0 Å². The third-order valence-electron chi connectivity index (χ3n) is 4.06. The molecule has 0 saturated heterocycles. The molecule has 1 rings (SSSR count). The standard InChI is InChI=1S/C13H20O.C6H14O/c1-11(2)12(3)9-14-10-13-7-5-4-6-8-13;1-5(2)6(3)4-7/h4-8,11-12H,9-10H2,1-3H3;5-7H,4H2,1-3H3/t12-;6-/m11/s1. The fraction of sp³-hybridized carbons (Fsp3) is 0.684. The van der Waals surface area contributed by atoms with Crippen molar-refractivity contribution in [3.8, 4) is 0 Å². The number of hydrogen-bond acceptors (Lipinski definition) is 2. The van der Waals surface area contributed by atoms with E-state index in [1.54, 1.807) is 0 Å². The molecule has 0 saturated carbocycles. The molecule has 2 atom stereocenters. The average molecular weight is 294 g/mol. The van der Waals surface area contributed by atoms with E-state index in [1.807, 2.05) is 25.1 Å². The van der Waals surface area contributed by atoms with Crippen molar-refractivity contribution in [2.75, 3.05) is 13.2 Å². The van der Waals surface area contributed by atoms with Crippen molar-refractivity contribution >= 4 is 0 Å². The molecule has 122 valence electrons. The monoisotopic (exact) mass is 294 g/mol. The van der Waals surface area contributed by atoms with Gasteiger partial charge in [0.05, 0.1) is 6.61 Å². The fourth-order valence-electron chi connectivity index (χ4n) is 1.34. The van der Waals surface area contributed by atoms with Gasteiger partial charge in [-0.1, -0.05) is 71.9 Å². The Bertz CT molecular complexity index is 333. The Balaban J connectivity index is 0.000000486. The zero-order valence-corrected chi connectivity index (χ0v) is 14.7. The molecule has 2 heteroatoms. The van der Waals surface area contributed by atoms with E-state index in [0.717, 1.165) is 13.2 Å². The molecule has 0 fully saturated rings. The molecule has 1 aromatic rings. The summed E-state index contributed by atoms with van der Waals surface area (Å²) in [5.74, 6) is 2.41. The second kappa shape index (κ2) is 11.8. The first-order chi connectivity index (χ1) is 9.88. The smallest absolute Gasteiger partial charge is 0.0717 e. The molecule has 0 aromatic heterocycles. The molecule has 0 spiro atoms. The Morgan fingerprint density at radius 3 is 1.76 bits per heavy atom. The van der Waals surface area contributed by atoms with Crippen molar-refractivity contribution < 1.29 is 9.84 Å². The van der Waals surface area contributed by atoms with Crippen LogP contribution in [0, 0.1) is 23.7 Å². The van der Waals surface area contributed by atoms with Gasteiger partial charge in [0.2, 0.25) is 0 Å². The van der Waals surface area contributed by atoms with Gasteiger partial charge in [0.1, 0.15) is 0 Å². The van der Waals surface area contributed by atoms with Crippen LogP contribution in [0.25, 0.3) is 0 Å². The van der Waals surface area contributed by atoms with Gasteiger partial charge < -0.3 is 9.84 Å². The lowest BCUT2D eigenvalue weighted by molar-refractivity contribution is 0.0781. The molecule has 0 heterocycles. The number of aliphatic hydroxyl groups is 1. The normalized spacial score (nSPS) is 13.8. The van der Waals surface area contributed by atoms with Crippen molar-refractivity contribution in [2.24, 2.45) is 23.7 Å². The molecule has 0 unspecified atom stereocenters. The maximum atomic E-state index is 8.51. The van der Waals surface area contributed by atoms with Crippen molar-refractivity contribution in [1.82, 2.24) is 0 Å². The molecule has 0 aliphatic rings. The average Bonchev–Trinajstić information content (AvgIpc) is 2.47. The van der Waals surface area contributed by atoms with E-state index in [1.165, 1.54) is 5.56 Å². The Kier molecular flexibility index (Phi) is 11.3. The molecule has 0 radical (unpaired) electrons. The maximum Gasteiger partial charge on any atom is 0.0717 e. The van der Waals surface area contributed by atoms with E-state index in [-0.39, 0.29) is 0 Å². The van der Waals surface area contributed by atoms with Gasteiger partial charge in [0, 0.05) is 13.2 Å². The highest BCUT2D eigenvalue weighted by molar-refractivity contribution is 5.13. The van der Waals surface area contributed by atoms with E-state index < -0.39 is 0 Å². The highest BCUT2D eigenvalue weighted by Gasteiger charge is 2.06. The Labute approximate surface area is 131 Å². The van der Waals surface area contributed by atoms with E-state index in [2.05, 4.69) is 46.8 Å². The molecule has 0 aliphatic carbocycles. The topological polar surface area (TPSA) is 29.5 Å². The van der Waals surface area contributed by atoms with Crippen LogP contribution in [0.1, 0.15) is 47.1 Å². The first kappa shape index (κ1) is 20.1. The minimum Gasteiger partial charge on any atom is -0.396 e. The predicted octanol–water partition coefficient (Wildman–Crippen LogP) is 4.77. The molecule has 0 amide bonds. The number of ether oxygens (including phenoxy) is 1. The predicted molar refractivity (Wildman–Crippen MR) is 91.2 cm³/mol. The number of rotatable bonds is 7. The lowest BCUT2D eigenvalue weighted by Gasteiger charge is -2.15. The highest BCUT2D eigenvalue weighted by Crippen LogP contribution is 2.11. The van der Waals surface area contributed by atoms with Crippen LogP contribution in [0.3, 0.4) is 0 Å². The fourth-order valence-corrected chi connectivity index (χ4v) is 1.34. The number of hydrogen-bond donors (Lipinski definition) is 1. The molecular weight excluding hydrogens is 260 g/mol. The summed E-state index contributed by atoms with van der Waals surface area (Å²) >= 11 is 0. The van der Waals surface area contributed by atoms with Gasteiger partial charge in [0.15, 0.2) is 0 Å². The first-order valence-electron chi connectivity index (χ1n) is 8.11. The Morgan fingerprint density at radius 2 is 1.38 bits per heavy atom. The van der Waals surface area contributed by atoms with Gasteiger partial charge in [-0.3, -0.25) is 0 Å². The van der Waals surface area contributed by atoms with Crippen LogP contribution in [0.15, 0.2) is 30.3 Å². The molecule has 21 heavy (non-hydrogen) atoms. The van der Waals surface area contributed by atoms with Gasteiger partial charge in [-0.05, 0) is 29.2 Å². The number of benzene rings is 1. The largest absolute Gasteiger partial charge is 0.396 e. The van der Waals surface area contributed by atoms with Crippen LogP contribution in [0.2, 0.25) is 0 Å². The van der Waals surface area contributed by atoms with E-state index in [4.69, 9.17) is 9.84 Å². The van der Waals surface area contributed by atoms with Crippen LogP contribution in [0.4, 0.5) is 0 Å². The summed E-state index contributed by atoms with van der Waals surface area (Å²) in [4.78, 5) is 0. The van der Waals surface area contributed by atoms with Crippen LogP contribution in [0.5, 0.6) is 0 Å². The summed E-state index contributed by atoms with van der Waals surface area (Å²) in [6, 6.07) is 10.3. The van der Waals surface area contributed by atoms with Crippen LogP contribution in [-0.4, -0.2) is 18.3 Å². The van der Waals surface area contributed by atoms with Crippen LogP contribution in [-0.2, 0) is 11.3 Å². The van der Waals surface area contributed by atoms with Gasteiger partial charge in [0.25, 0.3) is 0 Å². The summed E-state index contributed by atoms with van der Waals surface area (Å²) in [7, 11) is 0. The van der Waals surface area contributed by atoms with Crippen LogP contribution < -0.4 is 0 Å². The minimum atomic E-state index is 0.317. The summed E-state index contributed by atoms with van der Waals surface area (Å²) in [5.41, 5.74) is 1.25. The summed E-state index contributed by atoms with van der Waals surface area (Å²) in [6.07, 6.45) is 0. The second-order valence-corrected chi connectivity index (χ2v) is 6.63. The highest BCUT2D eigenvalue weighted by atomic mass is 16.5. The first-order valence-corrected chi connectivity index (χ1v) is 8.11. The van der Waals surface area contributed by atoms with Crippen molar-refractivity contribution in [3.63, 3.8) is 0 Å². The Morgan fingerprint density at radius 1 is 0.857 bits per heavy atom. The van der Waals surface area contributed by atoms with Crippen molar-refractivity contribution in [3.05, 3.63) is 35.9 Å². The number of aliphatic hydroxyl groups excluding tert-OH is 1. The van der Waals surface area contributed by atoms with Gasteiger partial charge in [-0.25, -0.2) is 0 Å². The third kappa shape index (κ3) is 10.5. The zero-order chi connectivity index (χ0) is 16.3. The lowest BCUT2D eigenvalue weighted by Crippen LogP contribution is -2.11. The minimum absolute atomic E-state index is 0.317. The van der Waals surface area contributed by atoms with Crippen LogP contribution >= 0.6 is 0 Å². The summed E-state index contributed by atoms with van der Waals surface area (Å²) in [6.45, 7) is 14.9. The van der Waals surface area contributed by atoms with Crippen molar-refractivity contribution in [2.45, 2.75) is 48.1 Å². The quantitative estimate of drug-likeness (QED) is 0.785. The molecule has 2 nitrogen and oxygen atoms in total. The molecule has 1 aromatic carbocycles. The van der Waals surface area contributed by atoms with Gasteiger partial charge in [-0.2, -0.15) is 0 Å². The second-order valence-electron chi connectivity index (χ2n) is 6.63. The molecule has 1 N–H and O–H groups in total. The van der Waals surface area contributed by atoms with E-state index in [9.17, 15) is 0 Å². The third-order valence-corrected chi connectivity index (χ3v) is 4.06. The lowest BCUT2D eigenvalue weighted by atomic mass is 9.99. The molecular formula is C19H34O2. The van der Waals surface area contributed by atoms with Gasteiger partial charge >= 0.3 is 0 Å². The van der Waals surface area contributed by atoms with Crippen molar-refractivity contribution in [1.29, 1.82) is 0 Å². The summed E-state index contributed by atoms with van der Waals surface area (Å²) < 4.78 is 5.64. The molecule has 0 bridgehead atoms. The Hall–Kier alpha value is -0.860. The van der Waals surface area contributed by atoms with E-state index >= 15 is 0 Å².